The van der Waals surface area contributed by atoms with Gasteiger partial charge in [0.2, 0.25) is 0 Å². The maximum Gasteiger partial charge on any atom is 0.318 e. The van der Waals surface area contributed by atoms with E-state index < -0.39 is 0 Å². The van der Waals surface area contributed by atoms with Crippen molar-refractivity contribution in [3.8, 4) is 0 Å². The molecule has 1 unspecified atom stereocenters. The number of hydrogen-bond donors (Lipinski definition) is 1. The molecule has 1 aliphatic carbocycles. The summed E-state index contributed by atoms with van der Waals surface area (Å²) in [5.41, 5.74) is 5.05. The number of nitrogens with zero attached hydrogens (tertiary/aromatic N) is 1. The summed E-state index contributed by atoms with van der Waals surface area (Å²) in [6, 6.07) is 21.2. The van der Waals surface area contributed by atoms with E-state index in [9.17, 15) is 4.79 Å². The molecule has 4 rings (SSSR count). The lowest BCUT2D eigenvalue weighted by Crippen LogP contribution is -2.41. The Labute approximate surface area is 164 Å². The molecule has 4 heteroatoms. The number of aryl methyl sites for hydroxylation is 2. The minimum atomic E-state index is 0.00526. The molecule has 0 saturated heterocycles. The van der Waals surface area contributed by atoms with E-state index in [0.717, 1.165) is 18.4 Å². The van der Waals surface area contributed by atoms with E-state index in [1.165, 1.54) is 21.6 Å². The van der Waals surface area contributed by atoms with Crippen molar-refractivity contribution in [3.05, 3.63) is 93.2 Å². The van der Waals surface area contributed by atoms with Crippen molar-refractivity contribution in [2.24, 2.45) is 0 Å². The number of carbonyl (C=O) groups excluding carboxylic acids is 1. The fraction of sp³-hybridized carbons (Fsp3) is 0.261. The predicted molar refractivity (Wildman–Crippen MR) is 111 cm³/mol. The van der Waals surface area contributed by atoms with Crippen LogP contribution in [0.15, 0.2) is 66.0 Å². The van der Waals surface area contributed by atoms with E-state index in [-0.39, 0.29) is 12.1 Å². The molecule has 1 aromatic heterocycles. The average molecular weight is 377 g/mol. The molecule has 0 bridgehead atoms. The summed E-state index contributed by atoms with van der Waals surface area (Å²) in [4.78, 5) is 16.3. The Morgan fingerprint density at radius 1 is 1.11 bits per heavy atom. The molecule has 2 amide bonds. The molecule has 0 aliphatic heterocycles. The second kappa shape index (κ2) is 7.97. The highest BCUT2D eigenvalue weighted by molar-refractivity contribution is 7.09. The van der Waals surface area contributed by atoms with Gasteiger partial charge in [0.1, 0.15) is 0 Å². The van der Waals surface area contributed by atoms with Crippen LogP contribution in [0.3, 0.4) is 0 Å². The Morgan fingerprint density at radius 2 is 1.93 bits per heavy atom. The van der Waals surface area contributed by atoms with Crippen LogP contribution in [-0.4, -0.2) is 10.9 Å². The number of hydrogen-bond acceptors (Lipinski definition) is 2. The van der Waals surface area contributed by atoms with E-state index in [2.05, 4.69) is 66.8 Å². The lowest BCUT2D eigenvalue weighted by Gasteiger charge is -2.30. The Balaban J connectivity index is 1.56. The number of thiophene rings is 1. The van der Waals surface area contributed by atoms with Gasteiger partial charge in [0.15, 0.2) is 0 Å². The van der Waals surface area contributed by atoms with Crippen LogP contribution in [0.25, 0.3) is 0 Å². The van der Waals surface area contributed by atoms with Crippen molar-refractivity contribution in [3.63, 3.8) is 0 Å². The smallest absolute Gasteiger partial charge is 0.318 e. The van der Waals surface area contributed by atoms with Crippen LogP contribution >= 0.6 is 11.3 Å². The molecule has 2 aromatic carbocycles. The van der Waals surface area contributed by atoms with Gasteiger partial charge in [0.05, 0.1) is 12.6 Å². The lowest BCUT2D eigenvalue weighted by molar-refractivity contribution is 0.169. The van der Waals surface area contributed by atoms with Crippen molar-refractivity contribution >= 4 is 17.4 Å². The maximum atomic E-state index is 13.1. The Bertz CT molecular complexity index is 902. The zero-order valence-corrected chi connectivity index (χ0v) is 16.3. The van der Waals surface area contributed by atoms with Gasteiger partial charge in [0, 0.05) is 11.4 Å². The molecule has 0 saturated carbocycles. The van der Waals surface area contributed by atoms with Crippen molar-refractivity contribution in [1.82, 2.24) is 10.2 Å². The highest BCUT2D eigenvalue weighted by Crippen LogP contribution is 2.36. The zero-order valence-electron chi connectivity index (χ0n) is 15.5. The molecule has 0 spiro atoms. The molecule has 1 atom stereocenters. The first kappa shape index (κ1) is 17.8. The van der Waals surface area contributed by atoms with Crippen LogP contribution in [0.5, 0.6) is 0 Å². The second-order valence-electron chi connectivity index (χ2n) is 7.10. The van der Waals surface area contributed by atoms with Gasteiger partial charge in [-0.1, -0.05) is 60.2 Å². The number of rotatable bonds is 5. The van der Waals surface area contributed by atoms with Gasteiger partial charge in [0.25, 0.3) is 0 Å². The molecular weight excluding hydrogens is 352 g/mol. The molecule has 1 heterocycles. The van der Waals surface area contributed by atoms with Crippen LogP contribution in [0, 0.1) is 6.92 Å². The van der Waals surface area contributed by atoms with Gasteiger partial charge in [-0.3, -0.25) is 0 Å². The van der Waals surface area contributed by atoms with E-state index in [4.69, 9.17) is 0 Å². The lowest BCUT2D eigenvalue weighted by atomic mass is 10.1. The van der Waals surface area contributed by atoms with Gasteiger partial charge in [-0.25, -0.2) is 4.79 Å². The Hall–Kier alpha value is -2.59. The number of urea groups is 1. The van der Waals surface area contributed by atoms with Crippen LogP contribution in [0.4, 0.5) is 4.79 Å². The minimum Gasteiger partial charge on any atom is -0.333 e. The van der Waals surface area contributed by atoms with E-state index in [1.54, 1.807) is 11.3 Å². The summed E-state index contributed by atoms with van der Waals surface area (Å²) < 4.78 is 0. The Morgan fingerprint density at radius 3 is 2.70 bits per heavy atom. The normalized spacial score (nSPS) is 15.4. The number of nitrogens with one attached hydrogen (secondary N) is 1. The quantitative estimate of drug-likeness (QED) is 0.630. The van der Waals surface area contributed by atoms with Crippen molar-refractivity contribution in [1.29, 1.82) is 0 Å². The topological polar surface area (TPSA) is 32.3 Å². The summed E-state index contributed by atoms with van der Waals surface area (Å²) in [5.74, 6) is 0. The van der Waals surface area contributed by atoms with Crippen LogP contribution in [0.1, 0.15) is 39.6 Å². The fourth-order valence-electron chi connectivity index (χ4n) is 3.75. The van der Waals surface area contributed by atoms with Crippen molar-refractivity contribution in [2.45, 2.75) is 38.9 Å². The van der Waals surface area contributed by atoms with Crippen molar-refractivity contribution < 1.29 is 4.79 Å². The van der Waals surface area contributed by atoms with Gasteiger partial charge >= 0.3 is 6.03 Å². The maximum absolute atomic E-state index is 13.1. The third kappa shape index (κ3) is 4.06. The van der Waals surface area contributed by atoms with Crippen LogP contribution in [-0.2, 0) is 19.5 Å². The summed E-state index contributed by atoms with van der Waals surface area (Å²) in [7, 11) is 0. The zero-order chi connectivity index (χ0) is 18.6. The minimum absolute atomic E-state index is 0.00526. The number of fused-ring (bicyclic) bond motifs is 1. The van der Waals surface area contributed by atoms with E-state index in [0.29, 0.717) is 13.1 Å². The monoisotopic (exact) mass is 376 g/mol. The summed E-state index contributed by atoms with van der Waals surface area (Å²) >= 11 is 1.67. The third-order valence-electron chi connectivity index (χ3n) is 5.21. The predicted octanol–water partition coefficient (Wildman–Crippen LogP) is 5.46. The third-order valence-corrected chi connectivity index (χ3v) is 6.08. The van der Waals surface area contributed by atoms with E-state index >= 15 is 0 Å². The summed E-state index contributed by atoms with van der Waals surface area (Å²) in [6.07, 6.45) is 2.01. The van der Waals surface area contributed by atoms with Crippen LogP contribution in [0.2, 0.25) is 0 Å². The summed E-state index contributed by atoms with van der Waals surface area (Å²) in [5, 5.41) is 5.16. The number of carbonyl (C=O) groups is 1. The molecule has 3 nitrogen and oxygen atoms in total. The molecule has 27 heavy (non-hydrogen) atoms. The molecule has 0 radical (unpaired) electrons. The first-order valence-electron chi connectivity index (χ1n) is 9.41. The van der Waals surface area contributed by atoms with Gasteiger partial charge < -0.3 is 10.2 Å². The highest BCUT2D eigenvalue weighted by atomic mass is 32.1. The molecule has 138 valence electrons. The fourth-order valence-corrected chi connectivity index (χ4v) is 4.39. The number of benzene rings is 2. The SMILES string of the molecule is Cc1ccc(CN(C(=O)NCc2cccs2)C2CCc3ccccc32)cc1. The second-order valence-corrected chi connectivity index (χ2v) is 8.14. The first-order valence-corrected chi connectivity index (χ1v) is 10.3. The van der Waals surface area contributed by atoms with E-state index in [1.807, 2.05) is 16.3 Å². The van der Waals surface area contributed by atoms with Gasteiger partial charge in [-0.2, -0.15) is 0 Å². The Kier molecular flexibility index (Phi) is 5.26. The largest absolute Gasteiger partial charge is 0.333 e. The summed E-state index contributed by atoms with van der Waals surface area (Å²) in [6.45, 7) is 3.29. The molecule has 0 fully saturated rings. The standard InChI is InChI=1S/C23H24N2OS/c1-17-8-10-18(11-9-17)16-25(23(26)24-15-20-6-4-14-27-20)22-13-12-19-5-2-3-7-21(19)22/h2-11,14,22H,12-13,15-16H2,1H3,(H,24,26). The van der Waals surface area contributed by atoms with Gasteiger partial charge in [-0.15, -0.1) is 11.3 Å². The van der Waals surface area contributed by atoms with Crippen molar-refractivity contribution in [2.75, 3.05) is 0 Å². The molecular formula is C23H24N2OS. The average Bonchev–Trinajstić information content (AvgIpc) is 3.35. The molecule has 1 aliphatic rings. The highest BCUT2D eigenvalue weighted by Gasteiger charge is 2.30. The molecule has 1 N–H and O–H groups in total. The van der Waals surface area contributed by atoms with Gasteiger partial charge in [-0.05, 0) is 47.9 Å². The van der Waals surface area contributed by atoms with Crippen LogP contribution < -0.4 is 5.32 Å². The number of amides is 2. The first-order chi connectivity index (χ1) is 13.2. The molecule has 3 aromatic rings.